The lowest BCUT2D eigenvalue weighted by atomic mass is 9.64. The first-order valence-electron chi connectivity index (χ1n) is 8.80. The van der Waals surface area contributed by atoms with Gasteiger partial charge in [0.05, 0.1) is 5.41 Å². The smallest absolute Gasteiger partial charge is 0.0698 e. The van der Waals surface area contributed by atoms with Gasteiger partial charge in [0.15, 0.2) is 0 Å². The van der Waals surface area contributed by atoms with Gasteiger partial charge in [-0.05, 0) is 36.1 Å². The van der Waals surface area contributed by atoms with Crippen LogP contribution in [-0.4, -0.2) is 0 Å². The maximum atomic E-state index is 2.23. The summed E-state index contributed by atoms with van der Waals surface area (Å²) in [4.78, 5) is 0. The van der Waals surface area contributed by atoms with Gasteiger partial charge < -0.3 is 0 Å². The van der Waals surface area contributed by atoms with Crippen molar-refractivity contribution < 1.29 is 0 Å². The Morgan fingerprint density at radius 1 is 0.600 bits per heavy atom. The van der Waals surface area contributed by atoms with Gasteiger partial charge in [-0.15, -0.1) is 0 Å². The first-order chi connectivity index (χ1) is 12.3. The highest BCUT2D eigenvalue weighted by Gasteiger charge is 2.38. The Hall–Kier alpha value is -2.86. The number of allylic oxidation sites excluding steroid dienone is 4. The van der Waals surface area contributed by atoms with Crippen LogP contribution in [0.15, 0.2) is 115 Å². The van der Waals surface area contributed by atoms with Crippen LogP contribution in [0.3, 0.4) is 0 Å². The van der Waals surface area contributed by atoms with E-state index in [2.05, 4.69) is 123 Å². The maximum Gasteiger partial charge on any atom is 0.0698 e. The summed E-state index contributed by atoms with van der Waals surface area (Å²) in [5.41, 5.74) is 4.78. The summed E-state index contributed by atoms with van der Waals surface area (Å²) >= 11 is 0. The second-order valence-electron chi connectivity index (χ2n) is 6.09. The van der Waals surface area contributed by atoms with E-state index < -0.39 is 0 Å². The molecule has 0 unspecified atom stereocenters. The maximum absolute atomic E-state index is 2.23. The molecule has 0 amide bonds. The third-order valence-electron chi connectivity index (χ3n) is 4.71. The van der Waals surface area contributed by atoms with Gasteiger partial charge in [-0.25, -0.2) is 0 Å². The van der Waals surface area contributed by atoms with Gasteiger partial charge in [0.2, 0.25) is 0 Å². The van der Waals surface area contributed by atoms with Crippen molar-refractivity contribution in [2.45, 2.75) is 19.3 Å². The molecule has 0 aliphatic heterocycles. The number of hydrogen-bond acceptors (Lipinski definition) is 0. The van der Waals surface area contributed by atoms with E-state index in [1.54, 1.807) is 0 Å². The van der Waals surface area contributed by atoms with Gasteiger partial charge in [0.1, 0.15) is 0 Å². The molecule has 0 atom stereocenters. The van der Waals surface area contributed by atoms with E-state index in [1.165, 1.54) is 22.3 Å². The zero-order valence-corrected chi connectivity index (χ0v) is 14.9. The Morgan fingerprint density at radius 3 is 1.24 bits per heavy atom. The lowest BCUT2D eigenvalue weighted by Gasteiger charge is -2.37. The molecule has 0 aliphatic carbocycles. The van der Waals surface area contributed by atoms with Gasteiger partial charge in [-0.2, -0.15) is 0 Å². The zero-order chi connectivity index (χ0) is 17.5. The first-order valence-corrected chi connectivity index (χ1v) is 8.80. The van der Waals surface area contributed by atoms with Crippen LogP contribution in [0.1, 0.15) is 30.5 Å². The number of benzene rings is 3. The predicted octanol–water partition coefficient (Wildman–Crippen LogP) is 6.54. The molecule has 124 valence electrons. The third kappa shape index (κ3) is 3.08. The second-order valence-corrected chi connectivity index (χ2v) is 6.09. The van der Waals surface area contributed by atoms with E-state index in [1.807, 2.05) is 0 Å². The van der Waals surface area contributed by atoms with Gasteiger partial charge in [-0.1, -0.05) is 109 Å². The van der Waals surface area contributed by atoms with E-state index in [4.69, 9.17) is 0 Å². The van der Waals surface area contributed by atoms with Crippen molar-refractivity contribution in [2.24, 2.45) is 0 Å². The van der Waals surface area contributed by atoms with Gasteiger partial charge >= 0.3 is 0 Å². The highest BCUT2D eigenvalue weighted by Crippen LogP contribution is 2.45. The molecule has 0 bridgehead atoms. The Balaban J connectivity index is 2.44. The minimum Gasteiger partial charge on any atom is -0.0873 e. The minimum atomic E-state index is -0.328. The van der Waals surface area contributed by atoms with Crippen LogP contribution in [0.4, 0.5) is 0 Å². The first kappa shape index (κ1) is 17.0. The second kappa shape index (κ2) is 7.81. The van der Waals surface area contributed by atoms with Crippen LogP contribution in [0.5, 0.6) is 0 Å². The average Bonchev–Trinajstić information content (AvgIpc) is 2.70. The van der Waals surface area contributed by atoms with E-state index >= 15 is 0 Å². The van der Waals surface area contributed by atoms with Crippen molar-refractivity contribution in [3.05, 3.63) is 131 Å². The molecular weight excluding hydrogens is 300 g/mol. The van der Waals surface area contributed by atoms with E-state index in [-0.39, 0.29) is 5.41 Å². The summed E-state index contributed by atoms with van der Waals surface area (Å²) in [6.07, 6.45) is 6.58. The molecule has 0 saturated carbocycles. The molecule has 3 aromatic rings. The fourth-order valence-electron chi connectivity index (χ4n) is 3.68. The summed E-state index contributed by atoms with van der Waals surface area (Å²) < 4.78 is 0. The van der Waals surface area contributed by atoms with Crippen LogP contribution in [0, 0.1) is 0 Å². The van der Waals surface area contributed by atoms with Crippen LogP contribution < -0.4 is 0 Å². The highest BCUT2D eigenvalue weighted by atomic mass is 14.4. The SMILES string of the molecule is C/C=C\C(=C/C)C(c1ccccc1)(c1ccccc1)c1ccccc1. The topological polar surface area (TPSA) is 0 Å². The molecule has 0 aromatic heterocycles. The average molecular weight is 324 g/mol. The van der Waals surface area contributed by atoms with Crippen molar-refractivity contribution in [3.63, 3.8) is 0 Å². The normalized spacial score (nSPS) is 12.5. The van der Waals surface area contributed by atoms with Crippen LogP contribution in [-0.2, 0) is 5.41 Å². The largest absolute Gasteiger partial charge is 0.0873 e. The predicted molar refractivity (Wildman–Crippen MR) is 108 cm³/mol. The van der Waals surface area contributed by atoms with Crippen LogP contribution in [0.25, 0.3) is 0 Å². The van der Waals surface area contributed by atoms with E-state index in [0.29, 0.717) is 0 Å². The molecule has 0 radical (unpaired) electrons. The quantitative estimate of drug-likeness (QED) is 0.369. The van der Waals surface area contributed by atoms with Crippen LogP contribution >= 0.6 is 0 Å². The van der Waals surface area contributed by atoms with Crippen molar-refractivity contribution in [3.8, 4) is 0 Å². The van der Waals surface area contributed by atoms with E-state index in [9.17, 15) is 0 Å². The molecule has 25 heavy (non-hydrogen) atoms. The molecule has 0 fully saturated rings. The van der Waals surface area contributed by atoms with Crippen molar-refractivity contribution in [1.29, 1.82) is 0 Å². The van der Waals surface area contributed by atoms with Crippen molar-refractivity contribution in [2.75, 3.05) is 0 Å². The molecule has 0 aliphatic rings. The number of hydrogen-bond donors (Lipinski definition) is 0. The summed E-state index contributed by atoms with van der Waals surface area (Å²) in [5.74, 6) is 0. The Morgan fingerprint density at radius 2 is 0.960 bits per heavy atom. The standard InChI is InChI=1S/C25H24/c1-3-14-21(4-2)25(22-15-8-5-9-16-22,23-17-10-6-11-18-23)24-19-12-7-13-20-24/h3-20H,1-2H3/b14-3-,21-4+. The Labute approximate surface area is 151 Å². The molecular formula is C25H24. The van der Waals surface area contributed by atoms with Gasteiger partial charge in [0, 0.05) is 0 Å². The summed E-state index contributed by atoms with van der Waals surface area (Å²) in [6, 6.07) is 32.4. The summed E-state index contributed by atoms with van der Waals surface area (Å²) in [6.45, 7) is 4.20. The fraction of sp³-hybridized carbons (Fsp3) is 0.120. The van der Waals surface area contributed by atoms with E-state index in [0.717, 1.165) is 0 Å². The molecule has 0 nitrogen and oxygen atoms in total. The molecule has 0 N–H and O–H groups in total. The molecule has 0 spiro atoms. The monoisotopic (exact) mass is 324 g/mol. The fourth-order valence-corrected chi connectivity index (χ4v) is 3.68. The van der Waals surface area contributed by atoms with Gasteiger partial charge in [-0.3, -0.25) is 0 Å². The number of rotatable bonds is 5. The third-order valence-corrected chi connectivity index (χ3v) is 4.71. The summed E-state index contributed by atoms with van der Waals surface area (Å²) in [5, 5.41) is 0. The zero-order valence-electron chi connectivity index (χ0n) is 14.9. The molecule has 3 rings (SSSR count). The Kier molecular flexibility index (Phi) is 5.30. The van der Waals surface area contributed by atoms with Crippen molar-refractivity contribution in [1.82, 2.24) is 0 Å². The molecule has 3 aromatic carbocycles. The lowest BCUT2D eigenvalue weighted by molar-refractivity contribution is 0.741. The lowest BCUT2D eigenvalue weighted by Crippen LogP contribution is -2.31. The highest BCUT2D eigenvalue weighted by molar-refractivity contribution is 5.61. The summed E-state index contributed by atoms with van der Waals surface area (Å²) in [7, 11) is 0. The minimum absolute atomic E-state index is 0.328. The Bertz CT molecular complexity index is 744. The van der Waals surface area contributed by atoms with Crippen LogP contribution in [0.2, 0.25) is 0 Å². The van der Waals surface area contributed by atoms with Gasteiger partial charge in [0.25, 0.3) is 0 Å². The molecule has 0 heterocycles. The molecule has 0 saturated heterocycles. The molecule has 0 heteroatoms. The van der Waals surface area contributed by atoms with Crippen molar-refractivity contribution >= 4 is 0 Å².